The second-order valence-electron chi connectivity index (χ2n) is 6.17. The van der Waals surface area contributed by atoms with Gasteiger partial charge in [-0.2, -0.15) is 13.2 Å². The number of benzene rings is 1. The van der Waals surface area contributed by atoms with Crippen molar-refractivity contribution in [3.05, 3.63) is 59.3 Å². The minimum Gasteiger partial charge on any atom is -0.357 e. The van der Waals surface area contributed by atoms with Gasteiger partial charge in [0.1, 0.15) is 5.82 Å². The fourth-order valence-electron chi connectivity index (χ4n) is 2.71. The first-order chi connectivity index (χ1) is 13.4. The Balaban J connectivity index is 0.00000420. The summed E-state index contributed by atoms with van der Waals surface area (Å²) in [7, 11) is 1.61. The third kappa shape index (κ3) is 7.71. The molecule has 5 nitrogen and oxygen atoms in total. The van der Waals surface area contributed by atoms with E-state index >= 15 is 0 Å². The average Bonchev–Trinajstić information content (AvgIpc) is 2.69. The highest BCUT2D eigenvalue weighted by atomic mass is 127. The Morgan fingerprint density at radius 2 is 1.69 bits per heavy atom. The normalized spacial score (nSPS) is 11.6. The Morgan fingerprint density at radius 1 is 1.03 bits per heavy atom. The van der Waals surface area contributed by atoms with Crippen LogP contribution in [0.15, 0.2) is 47.6 Å². The third-order valence-electron chi connectivity index (χ3n) is 4.29. The number of halogens is 4. The lowest BCUT2D eigenvalue weighted by Crippen LogP contribution is -2.36. The van der Waals surface area contributed by atoms with Crippen molar-refractivity contribution in [1.29, 1.82) is 0 Å². The molecule has 0 saturated carbocycles. The van der Waals surface area contributed by atoms with Crippen LogP contribution < -0.4 is 15.5 Å². The largest absolute Gasteiger partial charge is 0.416 e. The highest BCUT2D eigenvalue weighted by Gasteiger charge is 2.30. The van der Waals surface area contributed by atoms with E-state index in [-0.39, 0.29) is 30.5 Å². The highest BCUT2D eigenvalue weighted by Crippen LogP contribution is 2.29. The molecule has 0 unspecified atom stereocenters. The summed E-state index contributed by atoms with van der Waals surface area (Å²) >= 11 is 0. The van der Waals surface area contributed by atoms with E-state index in [0.717, 1.165) is 36.6 Å². The van der Waals surface area contributed by atoms with Crippen LogP contribution in [0.5, 0.6) is 0 Å². The number of guanidine groups is 1. The van der Waals surface area contributed by atoms with E-state index in [4.69, 9.17) is 0 Å². The van der Waals surface area contributed by atoms with Crippen molar-refractivity contribution < 1.29 is 13.2 Å². The van der Waals surface area contributed by atoms with Crippen molar-refractivity contribution in [1.82, 2.24) is 15.6 Å². The Bertz CT molecular complexity index is 774. The molecule has 1 aromatic carbocycles. The molecule has 0 fully saturated rings. The molecule has 0 amide bonds. The molecule has 2 aromatic rings. The van der Waals surface area contributed by atoms with Crippen LogP contribution in [0.1, 0.15) is 30.5 Å². The molecule has 29 heavy (non-hydrogen) atoms. The van der Waals surface area contributed by atoms with Crippen molar-refractivity contribution >= 4 is 35.8 Å². The first kappa shape index (κ1) is 25.0. The lowest BCUT2D eigenvalue weighted by atomic mass is 10.1. The smallest absolute Gasteiger partial charge is 0.357 e. The Hall–Kier alpha value is -2.04. The fourth-order valence-corrected chi connectivity index (χ4v) is 2.71. The number of nitrogens with zero attached hydrogens (tertiary/aromatic N) is 3. The lowest BCUT2D eigenvalue weighted by molar-refractivity contribution is -0.137. The predicted octanol–water partition coefficient (Wildman–Crippen LogP) is 4.43. The second-order valence-corrected chi connectivity index (χ2v) is 6.17. The van der Waals surface area contributed by atoms with Gasteiger partial charge in [0.25, 0.3) is 0 Å². The molecule has 0 bridgehead atoms. The molecule has 0 radical (unpaired) electrons. The van der Waals surface area contributed by atoms with E-state index in [2.05, 4.69) is 39.4 Å². The molecule has 1 heterocycles. The number of aromatic nitrogens is 1. The molecular weight excluding hydrogens is 494 g/mol. The van der Waals surface area contributed by atoms with E-state index in [1.165, 1.54) is 6.07 Å². The van der Waals surface area contributed by atoms with Gasteiger partial charge >= 0.3 is 6.18 Å². The van der Waals surface area contributed by atoms with Gasteiger partial charge < -0.3 is 15.5 Å². The van der Waals surface area contributed by atoms with Gasteiger partial charge in [-0.25, -0.2) is 4.98 Å². The SMILES string of the molecule is CCN(CC)c1ccc(CNC(=NC)NCc2cccc(C(F)(F)F)c2)cn1.I. The van der Waals surface area contributed by atoms with Gasteiger partial charge in [-0.3, -0.25) is 4.99 Å². The number of alkyl halides is 3. The maximum Gasteiger partial charge on any atom is 0.416 e. The van der Waals surface area contributed by atoms with E-state index in [1.807, 2.05) is 12.1 Å². The second kappa shape index (κ2) is 11.8. The number of hydrogen-bond donors (Lipinski definition) is 2. The van der Waals surface area contributed by atoms with Crippen molar-refractivity contribution in [3.63, 3.8) is 0 Å². The molecule has 2 rings (SSSR count). The molecule has 0 saturated heterocycles. The summed E-state index contributed by atoms with van der Waals surface area (Å²) in [6, 6.07) is 9.21. The molecule has 2 N–H and O–H groups in total. The van der Waals surface area contributed by atoms with E-state index in [1.54, 1.807) is 19.3 Å². The monoisotopic (exact) mass is 521 g/mol. The number of rotatable bonds is 7. The van der Waals surface area contributed by atoms with Crippen molar-refractivity contribution in [2.24, 2.45) is 4.99 Å². The van der Waals surface area contributed by atoms with Crippen molar-refractivity contribution in [3.8, 4) is 0 Å². The molecule has 9 heteroatoms. The summed E-state index contributed by atoms with van der Waals surface area (Å²) in [4.78, 5) is 10.7. The molecule has 0 atom stereocenters. The van der Waals surface area contributed by atoms with E-state index in [0.29, 0.717) is 18.1 Å². The topological polar surface area (TPSA) is 52.5 Å². The summed E-state index contributed by atoms with van der Waals surface area (Å²) < 4.78 is 38.4. The van der Waals surface area contributed by atoms with Crippen LogP contribution in [-0.2, 0) is 19.3 Å². The maximum absolute atomic E-state index is 12.8. The minimum atomic E-state index is -4.35. The van der Waals surface area contributed by atoms with Gasteiger partial charge in [0.05, 0.1) is 5.56 Å². The summed E-state index contributed by atoms with van der Waals surface area (Å²) in [5.41, 5.74) is 0.857. The van der Waals surface area contributed by atoms with Crippen LogP contribution >= 0.6 is 24.0 Å². The first-order valence-electron chi connectivity index (χ1n) is 9.17. The van der Waals surface area contributed by atoms with Crippen LogP contribution in [0, 0.1) is 0 Å². The summed E-state index contributed by atoms with van der Waals surface area (Å²) in [6.45, 7) is 6.71. The van der Waals surface area contributed by atoms with Crippen LogP contribution in [0.3, 0.4) is 0 Å². The standard InChI is InChI=1S/C20H26F3N5.HI/c1-4-28(5-2)18-10-9-16(13-25-18)14-27-19(24-3)26-12-15-7-6-8-17(11-15)20(21,22)23;/h6-11,13H,4-5,12,14H2,1-3H3,(H2,24,26,27);1H. The van der Waals surface area contributed by atoms with Gasteiger partial charge in [-0.15, -0.1) is 24.0 Å². The zero-order chi connectivity index (χ0) is 20.6. The number of aliphatic imine (C=N–C) groups is 1. The Kier molecular flexibility index (Phi) is 10.2. The Morgan fingerprint density at radius 3 is 2.21 bits per heavy atom. The summed E-state index contributed by atoms with van der Waals surface area (Å²) in [6.07, 6.45) is -2.54. The van der Waals surface area contributed by atoms with Gasteiger partial charge in [0.15, 0.2) is 5.96 Å². The average molecular weight is 521 g/mol. The summed E-state index contributed by atoms with van der Waals surface area (Å²) in [5.74, 6) is 1.44. The highest BCUT2D eigenvalue weighted by molar-refractivity contribution is 14.0. The fraction of sp³-hybridized carbons (Fsp3) is 0.400. The van der Waals surface area contributed by atoms with Gasteiger partial charge in [-0.05, 0) is 43.2 Å². The van der Waals surface area contributed by atoms with Gasteiger partial charge in [-0.1, -0.05) is 18.2 Å². The number of hydrogen-bond acceptors (Lipinski definition) is 3. The molecule has 0 aliphatic heterocycles. The summed E-state index contributed by atoms with van der Waals surface area (Å²) in [5, 5.41) is 6.17. The number of anilines is 1. The van der Waals surface area contributed by atoms with Crippen LogP contribution in [0.2, 0.25) is 0 Å². The number of pyridine rings is 1. The molecule has 0 aliphatic rings. The predicted molar refractivity (Wildman–Crippen MR) is 122 cm³/mol. The minimum absolute atomic E-state index is 0. The maximum atomic E-state index is 12.8. The van der Waals surface area contributed by atoms with Crippen LogP contribution in [-0.4, -0.2) is 31.1 Å². The van der Waals surface area contributed by atoms with Gasteiger partial charge in [0.2, 0.25) is 0 Å². The van der Waals surface area contributed by atoms with Crippen molar-refractivity contribution in [2.45, 2.75) is 33.1 Å². The molecule has 0 spiro atoms. The third-order valence-corrected chi connectivity index (χ3v) is 4.29. The van der Waals surface area contributed by atoms with E-state index < -0.39 is 11.7 Å². The lowest BCUT2D eigenvalue weighted by Gasteiger charge is -2.19. The molecular formula is C20H27F3IN5. The number of nitrogens with one attached hydrogen (secondary N) is 2. The van der Waals surface area contributed by atoms with Crippen LogP contribution in [0.25, 0.3) is 0 Å². The quantitative estimate of drug-likeness (QED) is 0.322. The molecule has 160 valence electrons. The molecule has 1 aromatic heterocycles. The zero-order valence-electron chi connectivity index (χ0n) is 16.8. The van der Waals surface area contributed by atoms with Gasteiger partial charge in [0, 0.05) is 39.4 Å². The zero-order valence-corrected chi connectivity index (χ0v) is 19.1. The first-order valence-corrected chi connectivity index (χ1v) is 9.17. The Labute approximate surface area is 186 Å². The van der Waals surface area contributed by atoms with E-state index in [9.17, 15) is 13.2 Å². The van der Waals surface area contributed by atoms with Crippen LogP contribution in [0.4, 0.5) is 19.0 Å². The molecule has 0 aliphatic carbocycles. The van der Waals surface area contributed by atoms with Crippen molar-refractivity contribution in [2.75, 3.05) is 25.0 Å².